The number of alkyl halides is 1. The summed E-state index contributed by atoms with van der Waals surface area (Å²) in [6.07, 6.45) is 1.79. The summed E-state index contributed by atoms with van der Waals surface area (Å²) in [4.78, 5) is 2.30. The molecule has 0 bridgehead atoms. The predicted molar refractivity (Wildman–Crippen MR) is 74.8 cm³/mol. The van der Waals surface area contributed by atoms with Crippen molar-refractivity contribution in [1.29, 1.82) is 0 Å². The number of halogens is 2. The fourth-order valence-electron chi connectivity index (χ4n) is 2.16. The zero-order chi connectivity index (χ0) is 12.5. The van der Waals surface area contributed by atoms with Gasteiger partial charge >= 0.3 is 0 Å². The number of hydrogen-bond acceptors (Lipinski definition) is 3. The highest BCUT2D eigenvalue weighted by Gasteiger charge is 2.19. The number of nitrogens with zero attached hydrogens (tertiary/aromatic N) is 4. The Hall–Kier alpha value is -1.07. The van der Waals surface area contributed by atoms with E-state index in [0.29, 0.717) is 5.88 Å². The van der Waals surface area contributed by atoms with Gasteiger partial charge in [-0.3, -0.25) is 0 Å². The van der Waals surface area contributed by atoms with E-state index >= 15 is 0 Å². The molecule has 0 aliphatic carbocycles. The van der Waals surface area contributed by atoms with Gasteiger partial charge in [0.1, 0.15) is 6.33 Å². The third-order valence-electron chi connectivity index (χ3n) is 3.15. The third-order valence-corrected chi connectivity index (χ3v) is 4.09. The van der Waals surface area contributed by atoms with Gasteiger partial charge in [-0.15, -0.1) is 21.8 Å². The molecule has 18 heavy (non-hydrogen) atoms. The first-order valence-electron chi connectivity index (χ1n) is 5.74. The van der Waals surface area contributed by atoms with Crippen LogP contribution in [0.25, 0.3) is 0 Å². The van der Waals surface area contributed by atoms with Crippen molar-refractivity contribution >= 4 is 33.2 Å². The van der Waals surface area contributed by atoms with Crippen molar-refractivity contribution in [2.75, 3.05) is 11.4 Å². The summed E-state index contributed by atoms with van der Waals surface area (Å²) in [6.45, 7) is 2.68. The van der Waals surface area contributed by atoms with Crippen molar-refractivity contribution in [3.05, 3.63) is 40.4 Å². The van der Waals surface area contributed by atoms with Crippen LogP contribution in [0.15, 0.2) is 29.0 Å². The summed E-state index contributed by atoms with van der Waals surface area (Å²) in [5.41, 5.74) is 2.30. The molecule has 1 aliphatic heterocycles. The van der Waals surface area contributed by atoms with Gasteiger partial charge in [0.05, 0.1) is 12.2 Å². The molecule has 1 aromatic heterocycles. The van der Waals surface area contributed by atoms with E-state index in [4.69, 9.17) is 11.6 Å². The van der Waals surface area contributed by atoms with E-state index < -0.39 is 0 Å². The molecule has 0 spiro atoms. The van der Waals surface area contributed by atoms with Crippen LogP contribution in [0, 0.1) is 0 Å². The molecule has 6 heteroatoms. The SMILES string of the molecule is ClCc1ccc(N2CCn3cnnc3C2)c(Br)c1. The second-order valence-corrected chi connectivity index (χ2v) is 5.40. The van der Waals surface area contributed by atoms with Gasteiger partial charge in [-0.05, 0) is 33.6 Å². The molecule has 0 radical (unpaired) electrons. The number of anilines is 1. The molecule has 94 valence electrons. The number of fused-ring (bicyclic) bond motifs is 1. The van der Waals surface area contributed by atoms with Crippen LogP contribution < -0.4 is 4.90 Å². The van der Waals surface area contributed by atoms with Crippen LogP contribution in [0.2, 0.25) is 0 Å². The molecular weight excluding hydrogens is 316 g/mol. The van der Waals surface area contributed by atoms with Crippen molar-refractivity contribution < 1.29 is 0 Å². The van der Waals surface area contributed by atoms with Gasteiger partial charge in [0.2, 0.25) is 0 Å². The maximum atomic E-state index is 5.83. The molecule has 0 atom stereocenters. The Balaban J connectivity index is 1.88. The first-order valence-corrected chi connectivity index (χ1v) is 7.06. The van der Waals surface area contributed by atoms with E-state index in [1.807, 2.05) is 0 Å². The summed E-state index contributed by atoms with van der Waals surface area (Å²) >= 11 is 9.44. The van der Waals surface area contributed by atoms with Gasteiger partial charge in [-0.25, -0.2) is 0 Å². The monoisotopic (exact) mass is 326 g/mol. The first kappa shape index (κ1) is 12.0. The Morgan fingerprint density at radius 1 is 1.33 bits per heavy atom. The highest BCUT2D eigenvalue weighted by Crippen LogP contribution is 2.30. The molecule has 2 aromatic rings. The number of aromatic nitrogens is 3. The predicted octanol–water partition coefficient (Wildman–Crippen LogP) is 2.80. The van der Waals surface area contributed by atoms with Gasteiger partial charge < -0.3 is 9.47 Å². The average molecular weight is 328 g/mol. The fourth-order valence-corrected chi connectivity index (χ4v) is 3.01. The smallest absolute Gasteiger partial charge is 0.152 e. The molecule has 0 saturated carbocycles. The maximum Gasteiger partial charge on any atom is 0.152 e. The highest BCUT2D eigenvalue weighted by atomic mass is 79.9. The summed E-state index contributed by atoms with van der Waals surface area (Å²) in [5.74, 6) is 1.54. The Labute approximate surface area is 119 Å². The average Bonchev–Trinajstić information content (AvgIpc) is 2.85. The lowest BCUT2D eigenvalue weighted by Crippen LogP contribution is -2.33. The lowest BCUT2D eigenvalue weighted by Gasteiger charge is -2.29. The summed E-state index contributed by atoms with van der Waals surface area (Å²) in [7, 11) is 0. The van der Waals surface area contributed by atoms with Crippen molar-refractivity contribution in [1.82, 2.24) is 14.8 Å². The molecule has 0 amide bonds. The second kappa shape index (κ2) is 4.90. The Bertz CT molecular complexity index is 569. The van der Waals surface area contributed by atoms with Crippen LogP contribution in [-0.2, 0) is 19.0 Å². The van der Waals surface area contributed by atoms with Crippen LogP contribution in [-0.4, -0.2) is 21.3 Å². The minimum Gasteiger partial charge on any atom is -0.361 e. The van der Waals surface area contributed by atoms with Crippen molar-refractivity contribution in [3.63, 3.8) is 0 Å². The fraction of sp³-hybridized carbons (Fsp3) is 0.333. The highest BCUT2D eigenvalue weighted by molar-refractivity contribution is 9.10. The van der Waals surface area contributed by atoms with E-state index in [1.165, 1.54) is 5.69 Å². The molecule has 1 aromatic carbocycles. The van der Waals surface area contributed by atoms with Crippen LogP contribution >= 0.6 is 27.5 Å². The lowest BCUT2D eigenvalue weighted by atomic mass is 10.2. The molecule has 2 heterocycles. The summed E-state index contributed by atoms with van der Waals surface area (Å²) < 4.78 is 3.17. The maximum absolute atomic E-state index is 5.83. The van der Waals surface area contributed by atoms with Crippen molar-refractivity contribution in [2.24, 2.45) is 0 Å². The number of benzene rings is 1. The van der Waals surface area contributed by atoms with Gasteiger partial charge in [0.25, 0.3) is 0 Å². The molecular formula is C12H12BrClN4. The molecule has 0 unspecified atom stereocenters. The number of rotatable bonds is 2. The molecule has 0 N–H and O–H groups in total. The standard InChI is InChI=1S/C12H12BrClN4/c13-10-5-9(6-14)1-2-11(10)17-3-4-18-8-15-16-12(18)7-17/h1-2,5,8H,3-4,6-7H2. The third kappa shape index (κ3) is 2.12. The summed E-state index contributed by atoms with van der Waals surface area (Å²) in [5, 5.41) is 8.07. The Morgan fingerprint density at radius 3 is 3.00 bits per heavy atom. The normalized spacial score (nSPS) is 14.7. The lowest BCUT2D eigenvalue weighted by molar-refractivity contribution is 0.559. The van der Waals surface area contributed by atoms with Crippen LogP contribution in [0.3, 0.4) is 0 Å². The van der Waals surface area contributed by atoms with Crippen molar-refractivity contribution in [3.8, 4) is 0 Å². The minimum absolute atomic E-state index is 0.535. The molecule has 1 aliphatic rings. The van der Waals surface area contributed by atoms with E-state index in [0.717, 1.165) is 35.5 Å². The van der Waals surface area contributed by atoms with Crippen LogP contribution in [0.4, 0.5) is 5.69 Å². The Morgan fingerprint density at radius 2 is 2.22 bits per heavy atom. The second-order valence-electron chi connectivity index (χ2n) is 4.28. The summed E-state index contributed by atoms with van der Waals surface area (Å²) in [6, 6.07) is 6.24. The Kier molecular flexibility index (Phi) is 3.26. The quantitative estimate of drug-likeness (QED) is 0.795. The zero-order valence-electron chi connectivity index (χ0n) is 9.68. The van der Waals surface area contributed by atoms with Gasteiger partial charge in [-0.2, -0.15) is 0 Å². The van der Waals surface area contributed by atoms with E-state index in [1.54, 1.807) is 6.33 Å². The first-order chi connectivity index (χ1) is 8.78. The van der Waals surface area contributed by atoms with Crippen LogP contribution in [0.1, 0.15) is 11.4 Å². The zero-order valence-corrected chi connectivity index (χ0v) is 12.0. The minimum atomic E-state index is 0.535. The molecule has 3 rings (SSSR count). The molecule has 4 nitrogen and oxygen atoms in total. The van der Waals surface area contributed by atoms with Crippen LogP contribution in [0.5, 0.6) is 0 Å². The van der Waals surface area contributed by atoms with Gasteiger partial charge in [0.15, 0.2) is 5.82 Å². The molecule has 0 saturated heterocycles. The van der Waals surface area contributed by atoms with E-state index in [9.17, 15) is 0 Å². The van der Waals surface area contributed by atoms with Gasteiger partial charge in [-0.1, -0.05) is 6.07 Å². The molecule has 0 fully saturated rings. The van der Waals surface area contributed by atoms with E-state index in [2.05, 4.69) is 53.8 Å². The van der Waals surface area contributed by atoms with Gasteiger partial charge in [0, 0.05) is 23.4 Å². The number of hydrogen-bond donors (Lipinski definition) is 0. The largest absolute Gasteiger partial charge is 0.361 e. The van der Waals surface area contributed by atoms with E-state index in [-0.39, 0.29) is 0 Å². The van der Waals surface area contributed by atoms with Crippen molar-refractivity contribution in [2.45, 2.75) is 19.0 Å². The topological polar surface area (TPSA) is 34.0 Å².